The number of benzene rings is 2. The summed E-state index contributed by atoms with van der Waals surface area (Å²) in [5.41, 5.74) is 1.17. The summed E-state index contributed by atoms with van der Waals surface area (Å²) in [6.07, 6.45) is 0. The molecule has 30 heavy (non-hydrogen) atoms. The van der Waals surface area contributed by atoms with E-state index < -0.39 is 33.3 Å². The molecule has 0 radical (unpaired) electrons. The van der Waals surface area contributed by atoms with Crippen molar-refractivity contribution in [2.75, 3.05) is 4.72 Å². The molecule has 10 heteroatoms. The van der Waals surface area contributed by atoms with E-state index in [-0.39, 0.29) is 21.9 Å². The summed E-state index contributed by atoms with van der Waals surface area (Å²) in [5.74, 6) is -1.78. The van der Waals surface area contributed by atoms with Crippen LogP contribution in [0.1, 0.15) is 38.1 Å². The number of esters is 1. The van der Waals surface area contributed by atoms with E-state index in [1.54, 1.807) is 20.8 Å². The van der Waals surface area contributed by atoms with Gasteiger partial charge in [-0.15, -0.1) is 0 Å². The molecule has 0 heterocycles. The molecule has 0 saturated carbocycles. The maximum Gasteiger partial charge on any atom is 0.329 e. The number of anilines is 1. The zero-order chi connectivity index (χ0) is 22.5. The number of amides is 1. The first-order valence-electron chi connectivity index (χ1n) is 8.82. The van der Waals surface area contributed by atoms with E-state index >= 15 is 0 Å². The van der Waals surface area contributed by atoms with Gasteiger partial charge < -0.3 is 9.57 Å². The molecule has 0 fully saturated rings. The largest absolute Gasteiger partial charge is 0.426 e. The third-order valence-electron chi connectivity index (χ3n) is 3.66. The first-order chi connectivity index (χ1) is 13.9. The molecule has 0 spiro atoms. The highest BCUT2D eigenvalue weighted by atomic mass is 32.2. The van der Waals surface area contributed by atoms with Gasteiger partial charge in [-0.3, -0.25) is 19.1 Å². The quantitative estimate of drug-likeness (QED) is 0.421. The van der Waals surface area contributed by atoms with E-state index in [0.29, 0.717) is 0 Å². The number of para-hydroxylation sites is 1. The third-order valence-corrected chi connectivity index (χ3v) is 5.04. The highest BCUT2D eigenvalue weighted by Crippen LogP contribution is 2.23. The van der Waals surface area contributed by atoms with Gasteiger partial charge in [0, 0.05) is 6.92 Å². The van der Waals surface area contributed by atoms with E-state index in [1.165, 1.54) is 48.5 Å². The Bertz CT molecular complexity index is 1060. The van der Waals surface area contributed by atoms with Gasteiger partial charge in [-0.1, -0.05) is 12.1 Å². The van der Waals surface area contributed by atoms with E-state index in [2.05, 4.69) is 9.56 Å². The maximum atomic E-state index is 12.7. The van der Waals surface area contributed by atoms with Crippen LogP contribution in [-0.4, -0.2) is 26.3 Å². The Morgan fingerprint density at radius 2 is 1.53 bits per heavy atom. The maximum absolute atomic E-state index is 12.7. The lowest BCUT2D eigenvalue weighted by molar-refractivity contribution is -0.146. The van der Waals surface area contributed by atoms with Gasteiger partial charge in [0.2, 0.25) is 0 Å². The molecule has 1 amide bonds. The summed E-state index contributed by atoms with van der Waals surface area (Å²) in [6.45, 7) is 6.21. The summed E-state index contributed by atoms with van der Waals surface area (Å²) < 4.78 is 32.9. The van der Waals surface area contributed by atoms with Crippen molar-refractivity contribution in [3.05, 3.63) is 54.1 Å². The van der Waals surface area contributed by atoms with Crippen molar-refractivity contribution in [1.82, 2.24) is 5.48 Å². The minimum absolute atomic E-state index is 0.00890. The minimum Gasteiger partial charge on any atom is -0.426 e. The normalized spacial score (nSPS) is 11.3. The molecule has 0 atom stereocenters. The summed E-state index contributed by atoms with van der Waals surface area (Å²) in [6, 6.07) is 11.1. The van der Waals surface area contributed by atoms with Crippen LogP contribution in [0.4, 0.5) is 5.69 Å². The van der Waals surface area contributed by atoms with Crippen LogP contribution >= 0.6 is 0 Å². The smallest absolute Gasteiger partial charge is 0.329 e. The monoisotopic (exact) mass is 434 g/mol. The van der Waals surface area contributed by atoms with Crippen LogP contribution in [0.3, 0.4) is 0 Å². The standard InChI is InChI=1S/C20H22N2O7S/c1-13(23)29-21-18(24)16-7-5-6-8-17(16)22-30(26,27)15-11-9-14(10-12-15)28-19(25)20(2,3)4/h5-12,22H,1-4H3,(H,21,24). The molecule has 0 bridgehead atoms. The Hall–Kier alpha value is -3.40. The van der Waals surface area contributed by atoms with Crippen LogP contribution in [0, 0.1) is 5.41 Å². The number of carbonyl (C=O) groups is 3. The van der Waals surface area contributed by atoms with Gasteiger partial charge in [0.05, 0.1) is 21.6 Å². The van der Waals surface area contributed by atoms with Crippen molar-refractivity contribution < 1.29 is 32.4 Å². The number of sulfonamides is 1. The predicted molar refractivity (Wildman–Crippen MR) is 108 cm³/mol. The van der Waals surface area contributed by atoms with Crippen LogP contribution < -0.4 is 14.9 Å². The summed E-state index contributed by atoms with van der Waals surface area (Å²) >= 11 is 0. The molecule has 0 aromatic heterocycles. The number of ether oxygens (including phenoxy) is 1. The Morgan fingerprint density at radius 1 is 0.933 bits per heavy atom. The van der Waals surface area contributed by atoms with Crippen molar-refractivity contribution in [2.45, 2.75) is 32.6 Å². The van der Waals surface area contributed by atoms with Gasteiger partial charge in [-0.25, -0.2) is 8.42 Å². The molecule has 2 rings (SSSR count). The van der Waals surface area contributed by atoms with Crippen molar-refractivity contribution in [1.29, 1.82) is 0 Å². The first kappa shape index (κ1) is 22.9. The number of nitrogens with one attached hydrogen (secondary N) is 2. The zero-order valence-corrected chi connectivity index (χ0v) is 17.7. The molecule has 0 saturated heterocycles. The minimum atomic E-state index is -4.05. The Morgan fingerprint density at radius 3 is 2.10 bits per heavy atom. The lowest BCUT2D eigenvalue weighted by atomic mass is 9.97. The Kier molecular flexibility index (Phi) is 6.83. The number of hydrogen-bond acceptors (Lipinski definition) is 7. The predicted octanol–water partition coefficient (Wildman–Crippen LogP) is 2.65. The molecule has 9 nitrogen and oxygen atoms in total. The van der Waals surface area contributed by atoms with Gasteiger partial charge >= 0.3 is 11.9 Å². The number of carbonyl (C=O) groups excluding carboxylic acids is 3. The summed E-state index contributed by atoms with van der Waals surface area (Å²) in [4.78, 5) is 39.3. The van der Waals surface area contributed by atoms with Gasteiger partial charge in [0.1, 0.15) is 5.75 Å². The molecular formula is C20H22N2O7S. The molecule has 2 aromatic rings. The second-order valence-electron chi connectivity index (χ2n) is 7.29. The van der Waals surface area contributed by atoms with Gasteiger partial charge in [-0.05, 0) is 57.2 Å². The van der Waals surface area contributed by atoms with Crippen molar-refractivity contribution >= 4 is 33.6 Å². The average molecular weight is 434 g/mol. The Balaban J connectivity index is 2.20. The summed E-state index contributed by atoms with van der Waals surface area (Å²) in [5, 5.41) is 0. The van der Waals surface area contributed by atoms with E-state index in [1.807, 2.05) is 5.48 Å². The zero-order valence-electron chi connectivity index (χ0n) is 16.9. The molecule has 2 aromatic carbocycles. The SMILES string of the molecule is CC(=O)ONC(=O)c1ccccc1NS(=O)(=O)c1ccc(OC(=O)C(C)(C)C)cc1. The third kappa shape index (κ3) is 6.05. The summed E-state index contributed by atoms with van der Waals surface area (Å²) in [7, 11) is -4.05. The molecule has 2 N–H and O–H groups in total. The van der Waals surface area contributed by atoms with Crippen molar-refractivity contribution in [3.63, 3.8) is 0 Å². The first-order valence-corrected chi connectivity index (χ1v) is 10.3. The fourth-order valence-corrected chi connectivity index (χ4v) is 3.17. The number of hydrogen-bond donors (Lipinski definition) is 2. The molecule has 0 aliphatic heterocycles. The average Bonchev–Trinajstić information content (AvgIpc) is 2.66. The lowest BCUT2D eigenvalue weighted by Gasteiger charge is -2.16. The Labute approximate surface area is 174 Å². The van der Waals surface area contributed by atoms with Crippen LogP contribution in [0.25, 0.3) is 0 Å². The second-order valence-corrected chi connectivity index (χ2v) is 8.97. The van der Waals surface area contributed by atoms with Gasteiger partial charge in [0.25, 0.3) is 15.9 Å². The molecule has 0 aliphatic rings. The van der Waals surface area contributed by atoms with Gasteiger partial charge in [0.15, 0.2) is 0 Å². The fraction of sp³-hybridized carbons (Fsp3) is 0.250. The lowest BCUT2D eigenvalue weighted by Crippen LogP contribution is -2.27. The molecule has 160 valence electrons. The molecule has 0 aliphatic carbocycles. The number of hydroxylamine groups is 1. The van der Waals surface area contributed by atoms with Crippen LogP contribution in [0.5, 0.6) is 5.75 Å². The highest BCUT2D eigenvalue weighted by molar-refractivity contribution is 7.92. The van der Waals surface area contributed by atoms with E-state index in [0.717, 1.165) is 6.92 Å². The topological polar surface area (TPSA) is 128 Å². The van der Waals surface area contributed by atoms with Crippen LogP contribution in [0.2, 0.25) is 0 Å². The molecule has 0 unspecified atom stereocenters. The number of rotatable bonds is 5. The highest BCUT2D eigenvalue weighted by Gasteiger charge is 2.24. The van der Waals surface area contributed by atoms with Crippen LogP contribution in [-0.2, 0) is 24.4 Å². The molecular weight excluding hydrogens is 412 g/mol. The van der Waals surface area contributed by atoms with Crippen molar-refractivity contribution in [2.24, 2.45) is 5.41 Å². The fourth-order valence-electron chi connectivity index (χ4n) is 2.09. The van der Waals surface area contributed by atoms with Crippen LogP contribution in [0.15, 0.2) is 53.4 Å². The van der Waals surface area contributed by atoms with E-state index in [9.17, 15) is 22.8 Å². The second kappa shape index (κ2) is 8.95. The van der Waals surface area contributed by atoms with E-state index in [4.69, 9.17) is 4.74 Å². The van der Waals surface area contributed by atoms with Gasteiger partial charge in [-0.2, -0.15) is 5.48 Å². The van der Waals surface area contributed by atoms with Crippen molar-refractivity contribution in [3.8, 4) is 5.75 Å².